The van der Waals surface area contributed by atoms with Gasteiger partial charge in [-0.15, -0.1) is 0 Å². The molecule has 0 bridgehead atoms. The van der Waals surface area contributed by atoms with E-state index in [1.165, 1.54) is 36.8 Å². The first-order valence-electron chi connectivity index (χ1n) is 10.5. The summed E-state index contributed by atoms with van der Waals surface area (Å²) in [4.78, 5) is 31.9. The molecule has 0 unspecified atom stereocenters. The molecular formula is C21H27F2N3O4. The largest absolute Gasteiger partial charge is 0.444 e. The SMILES string of the molecule is CC(=O)CC[C@H]1CN(c2cc(F)c(N3CCON(CC4CC4)CC3)c(F)c2)C(=O)O1. The van der Waals surface area contributed by atoms with E-state index in [1.807, 2.05) is 5.06 Å². The van der Waals surface area contributed by atoms with E-state index in [2.05, 4.69) is 0 Å². The van der Waals surface area contributed by atoms with E-state index in [0.29, 0.717) is 45.0 Å². The van der Waals surface area contributed by atoms with E-state index in [9.17, 15) is 18.4 Å². The molecule has 3 fully saturated rings. The minimum absolute atomic E-state index is 0.00284. The molecular weight excluding hydrogens is 396 g/mol. The van der Waals surface area contributed by atoms with Gasteiger partial charge in [0.05, 0.1) is 18.8 Å². The Morgan fingerprint density at radius 2 is 1.90 bits per heavy atom. The number of hydroxylamine groups is 2. The van der Waals surface area contributed by atoms with E-state index >= 15 is 0 Å². The summed E-state index contributed by atoms with van der Waals surface area (Å²) in [6.07, 6.45) is 1.99. The molecule has 3 aliphatic rings. The molecule has 2 heterocycles. The first-order valence-corrected chi connectivity index (χ1v) is 10.5. The van der Waals surface area contributed by atoms with Crippen LogP contribution in [0.5, 0.6) is 0 Å². The minimum Gasteiger partial charge on any atom is -0.444 e. The van der Waals surface area contributed by atoms with Crippen molar-refractivity contribution in [3.05, 3.63) is 23.8 Å². The van der Waals surface area contributed by atoms with Crippen LogP contribution in [0.25, 0.3) is 0 Å². The van der Waals surface area contributed by atoms with Crippen LogP contribution in [0.4, 0.5) is 25.0 Å². The smallest absolute Gasteiger partial charge is 0.414 e. The van der Waals surface area contributed by atoms with Gasteiger partial charge in [-0.05, 0) is 32.1 Å². The van der Waals surface area contributed by atoms with Crippen molar-refractivity contribution in [2.75, 3.05) is 49.1 Å². The monoisotopic (exact) mass is 423 g/mol. The lowest BCUT2D eigenvalue weighted by Crippen LogP contribution is -2.32. The summed E-state index contributed by atoms with van der Waals surface area (Å²) in [6, 6.07) is 2.33. The van der Waals surface area contributed by atoms with Gasteiger partial charge in [0.25, 0.3) is 0 Å². The molecule has 1 amide bonds. The van der Waals surface area contributed by atoms with Crippen LogP contribution >= 0.6 is 0 Å². The highest BCUT2D eigenvalue weighted by molar-refractivity contribution is 5.90. The molecule has 2 aliphatic heterocycles. The summed E-state index contributed by atoms with van der Waals surface area (Å²) >= 11 is 0. The van der Waals surface area contributed by atoms with E-state index < -0.39 is 23.8 Å². The van der Waals surface area contributed by atoms with Gasteiger partial charge in [-0.3, -0.25) is 9.74 Å². The van der Waals surface area contributed by atoms with Gasteiger partial charge >= 0.3 is 6.09 Å². The Labute approximate surface area is 174 Å². The molecule has 0 N–H and O–H groups in total. The van der Waals surface area contributed by atoms with Crippen molar-refractivity contribution < 1.29 is 27.9 Å². The molecule has 7 nitrogen and oxygen atoms in total. The van der Waals surface area contributed by atoms with Crippen molar-refractivity contribution in [1.29, 1.82) is 0 Å². The van der Waals surface area contributed by atoms with Gasteiger partial charge in [0, 0.05) is 44.7 Å². The standard InChI is InChI=1S/C21H27F2N3O4/c1-14(27)2-5-17-13-26(21(28)30-17)16-10-18(22)20(19(23)11-16)24-6-7-25(29-9-8-24)12-15-3-4-15/h10-11,15,17H,2-9,12-13H2,1H3/t17-/m0/s1. The van der Waals surface area contributed by atoms with Gasteiger partial charge in [-0.2, -0.15) is 5.06 Å². The number of anilines is 2. The van der Waals surface area contributed by atoms with Gasteiger partial charge < -0.3 is 14.4 Å². The highest BCUT2D eigenvalue weighted by Gasteiger charge is 2.34. The summed E-state index contributed by atoms with van der Waals surface area (Å²) in [5.41, 5.74) is 0.0156. The zero-order valence-corrected chi connectivity index (χ0v) is 17.1. The number of carbonyl (C=O) groups is 2. The Hall–Kier alpha value is -2.26. The summed E-state index contributed by atoms with van der Waals surface area (Å²) in [5.74, 6) is -0.770. The first-order chi connectivity index (χ1) is 14.4. The van der Waals surface area contributed by atoms with E-state index in [0.717, 1.165) is 6.54 Å². The summed E-state index contributed by atoms with van der Waals surface area (Å²) in [6.45, 7) is 4.28. The predicted molar refractivity (Wildman–Crippen MR) is 106 cm³/mol. The molecule has 9 heteroatoms. The highest BCUT2D eigenvalue weighted by atomic mass is 19.1. The van der Waals surface area contributed by atoms with E-state index in [-0.39, 0.29) is 23.7 Å². The molecule has 4 rings (SSSR count). The van der Waals surface area contributed by atoms with Crippen LogP contribution in [-0.2, 0) is 14.4 Å². The quantitative estimate of drug-likeness (QED) is 0.672. The lowest BCUT2D eigenvalue weighted by atomic mass is 10.1. The molecule has 0 spiro atoms. The number of Topliss-reactive ketones (excluding diaryl/α,β-unsaturated/α-hetero) is 1. The summed E-state index contributed by atoms with van der Waals surface area (Å²) in [7, 11) is 0. The maximum atomic E-state index is 14.9. The number of rotatable bonds is 7. The minimum atomic E-state index is -0.722. The number of amides is 1. The molecule has 1 atom stereocenters. The van der Waals surface area contributed by atoms with Crippen molar-refractivity contribution in [1.82, 2.24) is 5.06 Å². The molecule has 1 aliphatic carbocycles. The van der Waals surface area contributed by atoms with Gasteiger partial charge in [-0.25, -0.2) is 13.6 Å². The van der Waals surface area contributed by atoms with Gasteiger partial charge in [0.15, 0.2) is 11.6 Å². The first kappa shape index (κ1) is 21.0. The molecule has 1 aromatic rings. The second-order valence-corrected chi connectivity index (χ2v) is 8.27. The number of nitrogens with zero attached hydrogens (tertiary/aromatic N) is 3. The fraction of sp³-hybridized carbons (Fsp3) is 0.619. The zero-order chi connectivity index (χ0) is 21.3. The van der Waals surface area contributed by atoms with Crippen LogP contribution < -0.4 is 9.80 Å². The van der Waals surface area contributed by atoms with Crippen LogP contribution in [0.15, 0.2) is 12.1 Å². The lowest BCUT2D eigenvalue weighted by Gasteiger charge is -2.24. The van der Waals surface area contributed by atoms with Crippen LogP contribution in [-0.4, -0.2) is 62.4 Å². The number of ketones is 1. The third-order valence-corrected chi connectivity index (χ3v) is 5.74. The van der Waals surface area contributed by atoms with Crippen LogP contribution in [0.2, 0.25) is 0 Å². The average molecular weight is 423 g/mol. The van der Waals surface area contributed by atoms with Gasteiger partial charge in [0.1, 0.15) is 17.6 Å². The molecule has 30 heavy (non-hydrogen) atoms. The molecule has 2 saturated heterocycles. The number of hydrogen-bond acceptors (Lipinski definition) is 6. The number of halogens is 2. The Morgan fingerprint density at radius 3 is 2.57 bits per heavy atom. The summed E-state index contributed by atoms with van der Waals surface area (Å²) in [5, 5.41) is 1.89. The average Bonchev–Trinajstić information content (AvgIpc) is 3.46. The van der Waals surface area contributed by atoms with Crippen molar-refractivity contribution in [3.8, 4) is 0 Å². The molecule has 164 valence electrons. The number of ether oxygens (including phenoxy) is 1. The second kappa shape index (κ2) is 8.85. The maximum absolute atomic E-state index is 14.9. The van der Waals surface area contributed by atoms with Crippen molar-refractivity contribution >= 4 is 23.3 Å². The molecule has 1 aromatic carbocycles. The fourth-order valence-electron chi connectivity index (χ4n) is 3.90. The number of hydrogen-bond donors (Lipinski definition) is 0. The molecule has 0 aromatic heterocycles. The maximum Gasteiger partial charge on any atom is 0.414 e. The van der Waals surface area contributed by atoms with Crippen LogP contribution in [0.1, 0.15) is 32.6 Å². The number of carbonyl (C=O) groups excluding carboxylic acids is 2. The third kappa shape index (κ3) is 4.89. The number of cyclic esters (lactones) is 1. The van der Waals surface area contributed by atoms with Crippen LogP contribution in [0.3, 0.4) is 0 Å². The lowest BCUT2D eigenvalue weighted by molar-refractivity contribution is -0.150. The van der Waals surface area contributed by atoms with E-state index in [4.69, 9.17) is 9.57 Å². The topological polar surface area (TPSA) is 62.3 Å². The third-order valence-electron chi connectivity index (χ3n) is 5.74. The normalized spacial score (nSPS) is 22.9. The Kier molecular flexibility index (Phi) is 6.19. The van der Waals surface area contributed by atoms with Crippen molar-refractivity contribution in [2.24, 2.45) is 5.92 Å². The van der Waals surface area contributed by atoms with E-state index in [1.54, 1.807) is 4.90 Å². The zero-order valence-electron chi connectivity index (χ0n) is 17.1. The molecule has 1 saturated carbocycles. The number of benzene rings is 1. The van der Waals surface area contributed by atoms with Gasteiger partial charge in [-0.1, -0.05) is 0 Å². The van der Waals surface area contributed by atoms with Crippen LogP contribution in [0, 0.1) is 17.6 Å². The Morgan fingerprint density at radius 1 is 1.17 bits per heavy atom. The molecule has 0 radical (unpaired) electrons. The fourth-order valence-corrected chi connectivity index (χ4v) is 3.90. The highest BCUT2D eigenvalue weighted by Crippen LogP contribution is 2.33. The van der Waals surface area contributed by atoms with Crippen molar-refractivity contribution in [2.45, 2.75) is 38.7 Å². The summed E-state index contributed by atoms with van der Waals surface area (Å²) < 4.78 is 35.1. The van der Waals surface area contributed by atoms with Crippen molar-refractivity contribution in [3.63, 3.8) is 0 Å². The predicted octanol–water partition coefficient (Wildman–Crippen LogP) is 3.12. The Bertz CT molecular complexity index is 794. The van der Waals surface area contributed by atoms with Gasteiger partial charge in [0.2, 0.25) is 0 Å². The Balaban J connectivity index is 1.44. The second-order valence-electron chi connectivity index (χ2n) is 8.27.